The van der Waals surface area contributed by atoms with Crippen LogP contribution in [-0.4, -0.2) is 22.0 Å². The Labute approximate surface area is 148 Å². The van der Waals surface area contributed by atoms with Gasteiger partial charge in [0.15, 0.2) is 0 Å². The van der Waals surface area contributed by atoms with Crippen molar-refractivity contribution >= 4 is 60.3 Å². The van der Waals surface area contributed by atoms with Gasteiger partial charge in [-0.3, -0.25) is 4.79 Å². The highest BCUT2D eigenvalue weighted by atomic mass is 79.9. The number of amides is 1. The first-order valence-corrected chi connectivity index (χ1v) is 8.16. The average Bonchev–Trinajstić information content (AvgIpc) is 2.88. The van der Waals surface area contributed by atoms with Crippen LogP contribution in [0.4, 0.5) is 5.69 Å². The van der Waals surface area contributed by atoms with Gasteiger partial charge in [0, 0.05) is 25.5 Å². The lowest BCUT2D eigenvalue weighted by molar-refractivity contribution is 0.0694. The van der Waals surface area contributed by atoms with Gasteiger partial charge in [0.25, 0.3) is 5.91 Å². The molecule has 116 valence electrons. The van der Waals surface area contributed by atoms with Crippen molar-refractivity contribution in [3.05, 3.63) is 62.7 Å². The lowest BCUT2D eigenvalue weighted by Crippen LogP contribution is -2.16. The van der Waals surface area contributed by atoms with Crippen LogP contribution in [0.15, 0.2) is 51.4 Å². The molecule has 0 atom stereocenters. The van der Waals surface area contributed by atoms with Crippen LogP contribution in [0.5, 0.6) is 0 Å². The van der Waals surface area contributed by atoms with Gasteiger partial charge in [-0.25, -0.2) is 4.79 Å². The minimum Gasteiger partial charge on any atom is -0.478 e. The first-order valence-electron chi connectivity index (χ1n) is 6.57. The van der Waals surface area contributed by atoms with E-state index in [4.69, 9.17) is 0 Å². The summed E-state index contributed by atoms with van der Waals surface area (Å²) in [7, 11) is 0. The number of carbonyl (C=O) groups is 2. The summed E-state index contributed by atoms with van der Waals surface area (Å²) in [5, 5.41) is 12.6. The summed E-state index contributed by atoms with van der Waals surface area (Å²) < 4.78 is 1.68. The first kappa shape index (κ1) is 15.8. The summed E-state index contributed by atoms with van der Waals surface area (Å²) in [6.07, 6.45) is 0. The van der Waals surface area contributed by atoms with Crippen LogP contribution >= 0.6 is 31.9 Å². The second-order valence-corrected chi connectivity index (χ2v) is 6.66. The Bertz CT molecular complexity index is 917. The zero-order chi connectivity index (χ0) is 16.6. The van der Waals surface area contributed by atoms with Crippen molar-refractivity contribution < 1.29 is 14.7 Å². The number of nitrogens with one attached hydrogen (secondary N) is 2. The monoisotopic (exact) mass is 436 g/mol. The van der Waals surface area contributed by atoms with Crippen LogP contribution in [0.1, 0.15) is 20.8 Å². The number of carbonyl (C=O) groups excluding carboxylic acids is 1. The minimum atomic E-state index is -1.15. The van der Waals surface area contributed by atoms with Crippen LogP contribution in [0, 0.1) is 0 Å². The summed E-state index contributed by atoms with van der Waals surface area (Å²) in [6, 6.07) is 12.2. The highest BCUT2D eigenvalue weighted by Gasteiger charge is 2.23. The van der Waals surface area contributed by atoms with Crippen molar-refractivity contribution in [3.8, 4) is 0 Å². The van der Waals surface area contributed by atoms with Crippen molar-refractivity contribution in [2.75, 3.05) is 5.32 Å². The van der Waals surface area contributed by atoms with Gasteiger partial charge >= 0.3 is 5.97 Å². The molecule has 2 aromatic carbocycles. The van der Waals surface area contributed by atoms with Gasteiger partial charge in [0.1, 0.15) is 5.69 Å². The largest absolute Gasteiger partial charge is 0.478 e. The maximum atomic E-state index is 12.4. The Morgan fingerprint density at radius 2 is 1.65 bits per heavy atom. The number of aromatic amines is 1. The molecule has 3 N–H and O–H groups in total. The second-order valence-electron chi connectivity index (χ2n) is 4.83. The van der Waals surface area contributed by atoms with Crippen LogP contribution in [0.2, 0.25) is 0 Å². The lowest BCUT2D eigenvalue weighted by atomic mass is 10.1. The number of benzene rings is 2. The normalized spacial score (nSPS) is 10.7. The molecule has 0 aliphatic carbocycles. The second kappa shape index (κ2) is 6.17. The molecule has 23 heavy (non-hydrogen) atoms. The molecule has 0 unspecified atom stereocenters. The quantitative estimate of drug-likeness (QED) is 0.558. The molecule has 1 amide bonds. The molecule has 0 saturated carbocycles. The van der Waals surface area contributed by atoms with Gasteiger partial charge in [-0.2, -0.15) is 0 Å². The summed E-state index contributed by atoms with van der Waals surface area (Å²) in [5.74, 6) is -1.66. The number of aromatic nitrogens is 1. The van der Waals surface area contributed by atoms with E-state index >= 15 is 0 Å². The Hall–Kier alpha value is -2.12. The van der Waals surface area contributed by atoms with Gasteiger partial charge in [0.2, 0.25) is 0 Å². The molecule has 0 aliphatic rings. The maximum absolute atomic E-state index is 12.4. The highest BCUT2D eigenvalue weighted by molar-refractivity contribution is 9.10. The fourth-order valence-electron chi connectivity index (χ4n) is 2.29. The van der Waals surface area contributed by atoms with Crippen LogP contribution in [0.3, 0.4) is 0 Å². The molecular weight excluding hydrogens is 428 g/mol. The third-order valence-corrected chi connectivity index (χ3v) is 4.33. The number of hydrogen-bond donors (Lipinski definition) is 3. The Kier molecular flexibility index (Phi) is 4.23. The number of fused-ring (bicyclic) bond motifs is 1. The fraction of sp³-hybridized carbons (Fsp3) is 0. The maximum Gasteiger partial charge on any atom is 0.338 e. The van der Waals surface area contributed by atoms with Crippen molar-refractivity contribution in [3.63, 3.8) is 0 Å². The molecule has 0 aliphatic heterocycles. The summed E-state index contributed by atoms with van der Waals surface area (Å²) in [6.45, 7) is 0. The van der Waals surface area contributed by atoms with Crippen molar-refractivity contribution in [1.82, 2.24) is 4.98 Å². The van der Waals surface area contributed by atoms with E-state index in [9.17, 15) is 14.7 Å². The number of halogens is 2. The van der Waals surface area contributed by atoms with Gasteiger partial charge in [-0.15, -0.1) is 0 Å². The van der Waals surface area contributed by atoms with Crippen molar-refractivity contribution in [2.45, 2.75) is 0 Å². The highest BCUT2D eigenvalue weighted by Crippen LogP contribution is 2.26. The molecule has 5 nitrogen and oxygen atoms in total. The number of hydrogen-bond acceptors (Lipinski definition) is 2. The van der Waals surface area contributed by atoms with E-state index in [1.165, 1.54) is 0 Å². The van der Waals surface area contributed by atoms with Gasteiger partial charge in [-0.1, -0.05) is 37.9 Å². The average molecular weight is 438 g/mol. The van der Waals surface area contributed by atoms with Gasteiger partial charge < -0.3 is 15.4 Å². The summed E-state index contributed by atoms with van der Waals surface area (Å²) in [4.78, 5) is 26.9. The van der Waals surface area contributed by atoms with E-state index in [1.807, 2.05) is 0 Å². The molecule has 1 heterocycles. The molecular formula is C16H10Br2N2O3. The number of rotatable bonds is 3. The molecule has 1 aromatic heterocycles. The van der Waals surface area contributed by atoms with E-state index in [1.54, 1.807) is 42.5 Å². The van der Waals surface area contributed by atoms with Crippen LogP contribution in [-0.2, 0) is 0 Å². The Balaban J connectivity index is 2.04. The predicted molar refractivity (Wildman–Crippen MR) is 95.1 cm³/mol. The molecule has 3 rings (SSSR count). The summed E-state index contributed by atoms with van der Waals surface area (Å²) in [5.41, 5.74) is 1.14. The zero-order valence-corrected chi connectivity index (χ0v) is 14.7. The van der Waals surface area contributed by atoms with Gasteiger partial charge in [-0.05, 0) is 36.4 Å². The van der Waals surface area contributed by atoms with Crippen molar-refractivity contribution in [2.24, 2.45) is 0 Å². The number of anilines is 1. The third kappa shape index (κ3) is 3.16. The van der Waals surface area contributed by atoms with E-state index in [0.717, 1.165) is 8.95 Å². The molecule has 3 aromatic rings. The van der Waals surface area contributed by atoms with E-state index in [0.29, 0.717) is 16.6 Å². The molecule has 0 saturated heterocycles. The standard InChI is InChI=1S/C16H10Br2N2O3/c17-8-1-4-10(5-2-8)19-15(21)14-13(16(22)23)11-6-3-9(18)7-12(11)20-14/h1-7,20H,(H,19,21)(H,22,23). The topological polar surface area (TPSA) is 82.2 Å². The van der Waals surface area contributed by atoms with Crippen LogP contribution in [0.25, 0.3) is 10.9 Å². The molecule has 7 heteroatoms. The van der Waals surface area contributed by atoms with E-state index in [-0.39, 0.29) is 11.3 Å². The molecule has 0 bridgehead atoms. The number of carboxylic acids is 1. The third-order valence-electron chi connectivity index (χ3n) is 3.30. The molecule has 0 spiro atoms. The van der Waals surface area contributed by atoms with E-state index < -0.39 is 11.9 Å². The smallest absolute Gasteiger partial charge is 0.338 e. The van der Waals surface area contributed by atoms with Crippen LogP contribution < -0.4 is 5.32 Å². The first-order chi connectivity index (χ1) is 11.0. The lowest BCUT2D eigenvalue weighted by Gasteiger charge is -2.05. The zero-order valence-electron chi connectivity index (χ0n) is 11.6. The van der Waals surface area contributed by atoms with E-state index in [2.05, 4.69) is 42.2 Å². The number of carboxylic acid groups (broad SMARTS) is 1. The molecule has 0 radical (unpaired) electrons. The Morgan fingerprint density at radius 3 is 2.30 bits per heavy atom. The fourth-order valence-corrected chi connectivity index (χ4v) is 2.91. The van der Waals surface area contributed by atoms with Crippen molar-refractivity contribution in [1.29, 1.82) is 0 Å². The predicted octanol–water partition coefficient (Wildman–Crippen LogP) is 4.64. The number of aromatic carboxylic acids is 1. The summed E-state index contributed by atoms with van der Waals surface area (Å²) >= 11 is 6.64. The SMILES string of the molecule is O=C(Nc1ccc(Br)cc1)c1[nH]c2cc(Br)ccc2c1C(=O)O. The Morgan fingerprint density at radius 1 is 1.00 bits per heavy atom. The number of H-pyrrole nitrogens is 1. The molecule has 0 fully saturated rings. The van der Waals surface area contributed by atoms with Gasteiger partial charge in [0.05, 0.1) is 5.56 Å². The minimum absolute atomic E-state index is 0.0218.